The summed E-state index contributed by atoms with van der Waals surface area (Å²) in [6, 6.07) is 8.86. The highest BCUT2D eigenvalue weighted by atomic mass is 32.2. The van der Waals surface area contributed by atoms with Crippen LogP contribution in [0.3, 0.4) is 0 Å². The van der Waals surface area contributed by atoms with Crippen molar-refractivity contribution in [1.82, 2.24) is 10.2 Å². The minimum Gasteiger partial charge on any atom is -0.479 e. The molecule has 128 valence electrons. The Morgan fingerprint density at radius 3 is 2.79 bits per heavy atom. The van der Waals surface area contributed by atoms with Crippen LogP contribution in [-0.2, 0) is 15.3 Å². The molecule has 3 atom stereocenters. The quantitative estimate of drug-likeness (QED) is 0.671. The van der Waals surface area contributed by atoms with Gasteiger partial charge in [-0.1, -0.05) is 42.1 Å². The molecule has 2 heterocycles. The van der Waals surface area contributed by atoms with E-state index in [1.165, 1.54) is 16.7 Å². The molecule has 9 heteroatoms. The monoisotopic (exact) mass is 367 g/mol. The number of nitrogens with zero attached hydrogens (tertiary/aromatic N) is 1. The minimum absolute atomic E-state index is 0.0514. The molecule has 7 nitrogen and oxygen atoms in total. The number of carbonyl (C=O) groups excluding carboxylic acids is 2. The third-order valence-electron chi connectivity index (χ3n) is 4.09. The number of fused-ring (bicyclic) bond motifs is 1. The van der Waals surface area contributed by atoms with E-state index in [0.29, 0.717) is 5.75 Å². The lowest BCUT2D eigenvalue weighted by molar-refractivity contribution is -0.152. The van der Waals surface area contributed by atoms with Gasteiger partial charge < -0.3 is 21.1 Å². The zero-order valence-corrected chi connectivity index (χ0v) is 14.3. The Balaban J connectivity index is 1.63. The Morgan fingerprint density at radius 2 is 2.12 bits per heavy atom. The molecule has 0 saturated carbocycles. The van der Waals surface area contributed by atoms with Crippen LogP contribution >= 0.6 is 23.5 Å². The van der Waals surface area contributed by atoms with E-state index in [1.54, 1.807) is 0 Å². The van der Waals surface area contributed by atoms with Crippen LogP contribution in [0.2, 0.25) is 0 Å². The molecule has 0 aromatic heterocycles. The Bertz CT molecular complexity index is 672. The summed E-state index contributed by atoms with van der Waals surface area (Å²) < 4.78 is 0. The number of thioether (sulfide) groups is 2. The standard InChI is InChI=1S/C15H17N3O4S2/c16-10-11(19)18-7-15(13(20)21,8-24-12(10)18)17-14(22)23-6-9-4-2-1-3-5-9/h1-5,10,12H,6-8,16H2,(H,17,22)(H,20,21)/t10?,12-,15?/m1/s1. The maximum atomic E-state index is 12.2. The van der Waals surface area contributed by atoms with Gasteiger partial charge >= 0.3 is 5.97 Å². The summed E-state index contributed by atoms with van der Waals surface area (Å²) in [6.07, 6.45) is 0. The number of β-lactam (4-membered cyclic amide) rings is 1. The number of hydrogen-bond donors (Lipinski definition) is 3. The number of nitrogens with one attached hydrogen (secondary N) is 1. The molecule has 1 aromatic carbocycles. The smallest absolute Gasteiger partial charge is 0.332 e. The topological polar surface area (TPSA) is 113 Å². The summed E-state index contributed by atoms with van der Waals surface area (Å²) in [5, 5.41) is 11.6. The maximum Gasteiger partial charge on any atom is 0.332 e. The fourth-order valence-corrected chi connectivity index (χ4v) is 4.87. The lowest BCUT2D eigenvalue weighted by Crippen LogP contribution is -2.76. The van der Waals surface area contributed by atoms with Gasteiger partial charge in [0.1, 0.15) is 11.4 Å². The number of carboxylic acid groups (broad SMARTS) is 1. The number of rotatable bonds is 4. The highest BCUT2D eigenvalue weighted by molar-refractivity contribution is 8.12. The summed E-state index contributed by atoms with van der Waals surface area (Å²) in [7, 11) is 0. The highest BCUT2D eigenvalue weighted by Gasteiger charge is 2.56. The molecule has 0 bridgehead atoms. The van der Waals surface area contributed by atoms with Crippen molar-refractivity contribution in [1.29, 1.82) is 0 Å². The van der Waals surface area contributed by atoms with Crippen molar-refractivity contribution in [3.8, 4) is 0 Å². The first-order valence-electron chi connectivity index (χ1n) is 7.33. The van der Waals surface area contributed by atoms with Crippen LogP contribution in [0, 0.1) is 0 Å². The predicted octanol–water partition coefficient (Wildman–Crippen LogP) is 0.695. The van der Waals surface area contributed by atoms with Crippen LogP contribution in [0.4, 0.5) is 4.79 Å². The molecule has 0 aliphatic carbocycles. The van der Waals surface area contributed by atoms with Gasteiger partial charge in [-0.2, -0.15) is 0 Å². The summed E-state index contributed by atoms with van der Waals surface area (Å²) in [4.78, 5) is 37.1. The summed E-state index contributed by atoms with van der Waals surface area (Å²) in [5.74, 6) is -0.785. The van der Waals surface area contributed by atoms with Gasteiger partial charge in [0, 0.05) is 11.5 Å². The van der Waals surface area contributed by atoms with Crippen molar-refractivity contribution in [2.75, 3.05) is 12.3 Å². The van der Waals surface area contributed by atoms with Crippen molar-refractivity contribution >= 4 is 40.6 Å². The van der Waals surface area contributed by atoms with E-state index in [4.69, 9.17) is 5.73 Å². The first-order chi connectivity index (χ1) is 11.4. The third-order valence-corrected chi connectivity index (χ3v) is 6.48. The second-order valence-electron chi connectivity index (χ2n) is 5.77. The summed E-state index contributed by atoms with van der Waals surface area (Å²) in [6.45, 7) is -0.0514. The van der Waals surface area contributed by atoms with Gasteiger partial charge in [-0.15, -0.1) is 11.8 Å². The van der Waals surface area contributed by atoms with Gasteiger partial charge in [0.2, 0.25) is 5.91 Å². The van der Waals surface area contributed by atoms with Gasteiger partial charge in [-0.05, 0) is 5.56 Å². The lowest BCUT2D eigenvalue weighted by atomic mass is 9.97. The molecule has 24 heavy (non-hydrogen) atoms. The van der Waals surface area contributed by atoms with Gasteiger partial charge in [-0.25, -0.2) is 4.79 Å². The molecule has 2 saturated heterocycles. The van der Waals surface area contributed by atoms with E-state index in [0.717, 1.165) is 17.3 Å². The van der Waals surface area contributed by atoms with Crippen LogP contribution < -0.4 is 11.1 Å². The number of nitrogens with two attached hydrogens (primary N) is 1. The molecule has 1 aromatic rings. The van der Waals surface area contributed by atoms with E-state index in [1.807, 2.05) is 30.3 Å². The van der Waals surface area contributed by atoms with Gasteiger partial charge in [0.25, 0.3) is 5.24 Å². The molecule has 2 aliphatic heterocycles. The lowest BCUT2D eigenvalue weighted by Gasteiger charge is -2.52. The van der Waals surface area contributed by atoms with Crippen LogP contribution in [-0.4, -0.2) is 56.4 Å². The minimum atomic E-state index is -1.47. The molecule has 2 amide bonds. The Kier molecular flexibility index (Phi) is 4.75. The van der Waals surface area contributed by atoms with Crippen molar-refractivity contribution in [3.63, 3.8) is 0 Å². The Labute approximate surface area is 147 Å². The Hall–Kier alpha value is -1.71. The predicted molar refractivity (Wildman–Crippen MR) is 92.6 cm³/mol. The number of hydrogen-bond acceptors (Lipinski definition) is 6. The van der Waals surface area contributed by atoms with E-state index in [2.05, 4.69) is 5.32 Å². The van der Waals surface area contributed by atoms with E-state index < -0.39 is 22.8 Å². The van der Waals surface area contributed by atoms with Crippen LogP contribution in [0.25, 0.3) is 0 Å². The van der Waals surface area contributed by atoms with E-state index in [-0.39, 0.29) is 23.6 Å². The van der Waals surface area contributed by atoms with Gasteiger partial charge in [0.05, 0.1) is 6.54 Å². The number of benzene rings is 1. The molecule has 2 fully saturated rings. The van der Waals surface area contributed by atoms with Crippen molar-refractivity contribution < 1.29 is 19.5 Å². The number of carbonyl (C=O) groups is 3. The average Bonchev–Trinajstić information content (AvgIpc) is 2.60. The van der Waals surface area contributed by atoms with Crippen LogP contribution in [0.1, 0.15) is 5.56 Å². The fraction of sp³-hybridized carbons (Fsp3) is 0.400. The molecule has 4 N–H and O–H groups in total. The largest absolute Gasteiger partial charge is 0.479 e. The molecular formula is C15H17N3O4S2. The van der Waals surface area contributed by atoms with E-state index >= 15 is 0 Å². The third kappa shape index (κ3) is 3.11. The maximum absolute atomic E-state index is 12.2. The number of amides is 2. The summed E-state index contributed by atoms with van der Waals surface area (Å²) in [5.41, 5.74) is 5.21. The molecular weight excluding hydrogens is 350 g/mol. The number of aliphatic carboxylic acids is 1. The highest BCUT2D eigenvalue weighted by Crippen LogP contribution is 2.37. The van der Waals surface area contributed by atoms with Crippen molar-refractivity contribution in [3.05, 3.63) is 35.9 Å². The van der Waals surface area contributed by atoms with Crippen LogP contribution in [0.15, 0.2) is 30.3 Å². The van der Waals surface area contributed by atoms with E-state index in [9.17, 15) is 19.5 Å². The second kappa shape index (κ2) is 6.66. The van der Waals surface area contributed by atoms with Gasteiger partial charge in [0.15, 0.2) is 5.54 Å². The van der Waals surface area contributed by atoms with Crippen LogP contribution in [0.5, 0.6) is 0 Å². The average molecular weight is 367 g/mol. The van der Waals surface area contributed by atoms with Crippen molar-refractivity contribution in [2.45, 2.75) is 22.7 Å². The molecule has 0 spiro atoms. The zero-order valence-electron chi connectivity index (χ0n) is 12.7. The molecule has 2 aliphatic rings. The molecule has 0 radical (unpaired) electrons. The summed E-state index contributed by atoms with van der Waals surface area (Å²) >= 11 is 2.30. The zero-order chi connectivity index (χ0) is 17.3. The SMILES string of the molecule is NC1C(=O)N2CC(NC(=O)SCc3ccccc3)(C(=O)O)CS[C@H]12. The molecule has 3 rings (SSSR count). The molecule has 2 unspecified atom stereocenters. The number of carboxylic acids is 1. The van der Waals surface area contributed by atoms with Crippen molar-refractivity contribution in [2.24, 2.45) is 5.73 Å². The normalized spacial score (nSPS) is 28.7. The fourth-order valence-electron chi connectivity index (χ4n) is 2.69. The Morgan fingerprint density at radius 1 is 1.42 bits per heavy atom. The first kappa shape index (κ1) is 17.1. The van der Waals surface area contributed by atoms with Gasteiger partial charge in [-0.3, -0.25) is 9.59 Å². The second-order valence-corrected chi connectivity index (χ2v) is 7.82. The first-order valence-corrected chi connectivity index (χ1v) is 9.36.